The molecule has 0 spiro atoms. The number of hydrogen-bond acceptors (Lipinski definition) is 5. The number of rotatable bonds is 5. The van der Waals surface area contributed by atoms with Gasteiger partial charge in [0, 0.05) is 0 Å². The molecule has 1 N–H and O–H groups in total. The lowest BCUT2D eigenvalue weighted by Crippen LogP contribution is -2.18. The summed E-state index contributed by atoms with van der Waals surface area (Å²) in [6.07, 6.45) is 1.74. The SMILES string of the molecule is COc1ccc(C=NNC(=Nc2ccccc2)c2nc3ccccc3s2)cc1. The van der Waals surface area contributed by atoms with Crippen molar-refractivity contribution in [3.05, 3.63) is 89.4 Å². The van der Waals surface area contributed by atoms with E-state index in [0.717, 1.165) is 32.2 Å². The van der Waals surface area contributed by atoms with Crippen molar-refractivity contribution in [2.45, 2.75) is 0 Å². The van der Waals surface area contributed by atoms with Gasteiger partial charge in [-0.25, -0.2) is 9.98 Å². The van der Waals surface area contributed by atoms with E-state index in [2.05, 4.69) is 16.6 Å². The molecular weight excluding hydrogens is 368 g/mol. The number of amidine groups is 1. The number of methoxy groups -OCH3 is 1. The van der Waals surface area contributed by atoms with Gasteiger partial charge in [-0.05, 0) is 54.1 Å². The van der Waals surface area contributed by atoms with Gasteiger partial charge >= 0.3 is 0 Å². The van der Waals surface area contributed by atoms with Crippen LogP contribution >= 0.6 is 11.3 Å². The van der Waals surface area contributed by atoms with Crippen molar-refractivity contribution in [2.75, 3.05) is 7.11 Å². The van der Waals surface area contributed by atoms with Crippen LogP contribution in [0.15, 0.2) is 89.0 Å². The maximum Gasteiger partial charge on any atom is 0.183 e. The number of thiazole rings is 1. The summed E-state index contributed by atoms with van der Waals surface area (Å²) in [4.78, 5) is 9.39. The molecule has 138 valence electrons. The first-order valence-electron chi connectivity index (χ1n) is 8.74. The van der Waals surface area contributed by atoms with Gasteiger partial charge < -0.3 is 4.74 Å². The van der Waals surface area contributed by atoms with E-state index >= 15 is 0 Å². The van der Waals surface area contributed by atoms with Crippen LogP contribution in [-0.2, 0) is 0 Å². The summed E-state index contributed by atoms with van der Waals surface area (Å²) in [5.41, 5.74) is 5.80. The predicted octanol–water partition coefficient (Wildman–Crippen LogP) is 5.01. The van der Waals surface area contributed by atoms with Gasteiger partial charge in [0.15, 0.2) is 10.8 Å². The third-order valence-electron chi connectivity index (χ3n) is 3.99. The molecule has 1 heterocycles. The molecule has 3 aromatic carbocycles. The number of nitrogens with one attached hydrogen (secondary N) is 1. The van der Waals surface area contributed by atoms with Crippen molar-refractivity contribution in [1.82, 2.24) is 10.4 Å². The smallest absolute Gasteiger partial charge is 0.183 e. The third-order valence-corrected chi connectivity index (χ3v) is 5.04. The molecule has 4 rings (SSSR count). The lowest BCUT2D eigenvalue weighted by molar-refractivity contribution is 0.415. The van der Waals surface area contributed by atoms with Gasteiger partial charge in [-0.15, -0.1) is 11.3 Å². The molecule has 1 aromatic heterocycles. The summed E-state index contributed by atoms with van der Waals surface area (Å²) in [5, 5.41) is 5.15. The fourth-order valence-corrected chi connectivity index (χ4v) is 3.49. The molecule has 5 nitrogen and oxygen atoms in total. The van der Waals surface area contributed by atoms with Crippen LogP contribution in [0.25, 0.3) is 10.2 Å². The second-order valence-electron chi connectivity index (χ2n) is 5.93. The normalized spacial score (nSPS) is 11.8. The van der Waals surface area contributed by atoms with Gasteiger partial charge in [0.05, 0.1) is 29.2 Å². The van der Waals surface area contributed by atoms with Crippen LogP contribution < -0.4 is 10.2 Å². The summed E-state index contributed by atoms with van der Waals surface area (Å²) in [6, 6.07) is 25.5. The van der Waals surface area contributed by atoms with E-state index in [9.17, 15) is 0 Å². The van der Waals surface area contributed by atoms with Crippen molar-refractivity contribution in [3.8, 4) is 5.75 Å². The zero-order chi connectivity index (χ0) is 19.2. The molecule has 0 atom stereocenters. The van der Waals surface area contributed by atoms with Crippen LogP contribution in [0, 0.1) is 0 Å². The van der Waals surface area contributed by atoms with Crippen molar-refractivity contribution < 1.29 is 4.74 Å². The fraction of sp³-hybridized carbons (Fsp3) is 0.0455. The van der Waals surface area contributed by atoms with E-state index in [1.807, 2.05) is 72.8 Å². The van der Waals surface area contributed by atoms with Crippen LogP contribution in [0.1, 0.15) is 10.6 Å². The average molecular weight is 386 g/mol. The molecule has 28 heavy (non-hydrogen) atoms. The van der Waals surface area contributed by atoms with Crippen molar-refractivity contribution in [1.29, 1.82) is 0 Å². The molecule has 0 bridgehead atoms. The zero-order valence-electron chi connectivity index (χ0n) is 15.2. The minimum absolute atomic E-state index is 0.608. The summed E-state index contributed by atoms with van der Waals surface area (Å²) < 4.78 is 6.29. The second-order valence-corrected chi connectivity index (χ2v) is 6.96. The molecule has 4 aromatic rings. The molecule has 0 saturated heterocycles. The Bertz CT molecular complexity index is 1090. The Morgan fingerprint density at radius 1 is 0.964 bits per heavy atom. The van der Waals surface area contributed by atoms with Gasteiger partial charge in [-0.3, -0.25) is 5.43 Å². The number of aliphatic imine (C=N–C) groups is 1. The van der Waals surface area contributed by atoms with Crippen LogP contribution in [0.5, 0.6) is 5.75 Å². The van der Waals surface area contributed by atoms with Crippen LogP contribution in [0.3, 0.4) is 0 Å². The number of ether oxygens (including phenoxy) is 1. The molecule has 0 saturated carbocycles. The monoisotopic (exact) mass is 386 g/mol. The molecule has 0 aliphatic heterocycles. The van der Waals surface area contributed by atoms with Crippen LogP contribution in [0.4, 0.5) is 5.69 Å². The van der Waals surface area contributed by atoms with Gasteiger partial charge in [-0.2, -0.15) is 5.10 Å². The van der Waals surface area contributed by atoms with E-state index in [0.29, 0.717) is 5.84 Å². The molecule has 0 radical (unpaired) electrons. The Kier molecular flexibility index (Phi) is 5.40. The molecule has 6 heteroatoms. The van der Waals surface area contributed by atoms with E-state index in [1.165, 1.54) is 0 Å². The maximum atomic E-state index is 5.18. The number of nitrogens with zero attached hydrogens (tertiary/aromatic N) is 3. The Morgan fingerprint density at radius 3 is 2.46 bits per heavy atom. The van der Waals surface area contributed by atoms with Gasteiger partial charge in [0.25, 0.3) is 0 Å². The van der Waals surface area contributed by atoms with Crippen LogP contribution in [0.2, 0.25) is 0 Å². The quantitative estimate of drug-likeness (QED) is 0.298. The van der Waals surface area contributed by atoms with E-state index in [-0.39, 0.29) is 0 Å². The fourth-order valence-electron chi connectivity index (χ4n) is 2.58. The minimum atomic E-state index is 0.608. The first kappa shape index (κ1) is 17.9. The molecule has 0 fully saturated rings. The number of para-hydroxylation sites is 2. The van der Waals surface area contributed by atoms with Crippen LogP contribution in [-0.4, -0.2) is 24.1 Å². The summed E-state index contributed by atoms with van der Waals surface area (Å²) in [6.45, 7) is 0. The Morgan fingerprint density at radius 2 is 1.71 bits per heavy atom. The van der Waals surface area contributed by atoms with Gasteiger partial charge in [-0.1, -0.05) is 30.3 Å². The lowest BCUT2D eigenvalue weighted by Gasteiger charge is -2.03. The highest BCUT2D eigenvalue weighted by atomic mass is 32.1. The molecule has 0 aliphatic rings. The Hall–Kier alpha value is -3.51. The largest absolute Gasteiger partial charge is 0.497 e. The molecular formula is C22H18N4OS. The highest BCUT2D eigenvalue weighted by Crippen LogP contribution is 2.23. The van der Waals surface area contributed by atoms with Crippen molar-refractivity contribution >= 4 is 39.3 Å². The number of fused-ring (bicyclic) bond motifs is 1. The van der Waals surface area contributed by atoms with E-state index < -0.39 is 0 Å². The second kappa shape index (κ2) is 8.45. The maximum absolute atomic E-state index is 5.18. The number of aromatic nitrogens is 1. The standard InChI is InChI=1S/C22H18N4OS/c1-27-18-13-11-16(12-14-18)15-23-26-21(24-17-7-3-2-4-8-17)22-25-19-9-5-6-10-20(19)28-22/h2-15H,1H3,(H,24,26). The molecule has 0 unspecified atom stereocenters. The average Bonchev–Trinajstić information content (AvgIpc) is 3.18. The Labute approximate surface area is 167 Å². The zero-order valence-corrected chi connectivity index (χ0v) is 16.1. The van der Waals surface area contributed by atoms with Crippen molar-refractivity contribution in [3.63, 3.8) is 0 Å². The van der Waals surface area contributed by atoms with E-state index in [4.69, 9.17) is 14.7 Å². The highest BCUT2D eigenvalue weighted by molar-refractivity contribution is 7.20. The summed E-state index contributed by atoms with van der Waals surface area (Å²) in [5.74, 6) is 1.42. The number of hydrazone groups is 1. The minimum Gasteiger partial charge on any atom is -0.497 e. The Balaban J connectivity index is 1.62. The predicted molar refractivity (Wildman–Crippen MR) is 116 cm³/mol. The topological polar surface area (TPSA) is 58.9 Å². The first-order chi connectivity index (χ1) is 13.8. The number of benzene rings is 3. The molecule has 0 aliphatic carbocycles. The first-order valence-corrected chi connectivity index (χ1v) is 9.56. The number of hydrogen-bond donors (Lipinski definition) is 1. The summed E-state index contributed by atoms with van der Waals surface area (Å²) in [7, 11) is 1.65. The lowest BCUT2D eigenvalue weighted by atomic mass is 10.2. The van der Waals surface area contributed by atoms with E-state index in [1.54, 1.807) is 24.7 Å². The van der Waals surface area contributed by atoms with Gasteiger partial charge in [0.1, 0.15) is 5.75 Å². The third kappa shape index (κ3) is 4.24. The van der Waals surface area contributed by atoms with Gasteiger partial charge in [0.2, 0.25) is 0 Å². The van der Waals surface area contributed by atoms with Crippen molar-refractivity contribution in [2.24, 2.45) is 10.1 Å². The molecule has 0 amide bonds. The highest BCUT2D eigenvalue weighted by Gasteiger charge is 2.10. The summed E-state index contributed by atoms with van der Waals surface area (Å²) >= 11 is 1.58.